The largest absolute Gasteiger partial charge is 0.342 e. The molecular weight excluding hydrogens is 295 g/mol. The average Bonchev–Trinajstić information content (AvgIpc) is 3.15. The summed E-state index contributed by atoms with van der Waals surface area (Å²) in [6.45, 7) is 0. The van der Waals surface area contributed by atoms with Crippen molar-refractivity contribution in [1.29, 1.82) is 0 Å². The van der Waals surface area contributed by atoms with E-state index in [2.05, 4.69) is 15.4 Å². The van der Waals surface area contributed by atoms with Crippen molar-refractivity contribution in [3.63, 3.8) is 0 Å². The third-order valence-corrected chi connectivity index (χ3v) is 4.50. The lowest BCUT2D eigenvalue weighted by molar-refractivity contribution is -0.114. The fourth-order valence-electron chi connectivity index (χ4n) is 2.92. The van der Waals surface area contributed by atoms with Gasteiger partial charge in [0.15, 0.2) is 5.84 Å². The third-order valence-electron chi connectivity index (χ3n) is 4.18. The molecule has 1 aliphatic carbocycles. The van der Waals surface area contributed by atoms with Gasteiger partial charge in [-0.1, -0.05) is 11.6 Å². The molecule has 1 saturated carbocycles. The minimum absolute atomic E-state index is 0.0116. The molecule has 5 nitrogen and oxygen atoms in total. The molecule has 1 N–H and O–H groups in total. The van der Waals surface area contributed by atoms with Gasteiger partial charge in [-0.25, -0.2) is 4.39 Å². The zero-order chi connectivity index (χ0) is 14.6. The molecule has 110 valence electrons. The van der Waals surface area contributed by atoms with Crippen LogP contribution in [0.5, 0.6) is 0 Å². The average molecular weight is 309 g/mol. The number of rotatable bonds is 3. The summed E-state index contributed by atoms with van der Waals surface area (Å²) in [6, 6.07) is 3.13. The van der Waals surface area contributed by atoms with Crippen molar-refractivity contribution in [2.75, 3.05) is 0 Å². The first-order valence-electron chi connectivity index (χ1n) is 7.07. The molecule has 7 heteroatoms. The molecule has 1 unspecified atom stereocenters. The molecule has 3 aliphatic rings. The number of halogens is 2. The van der Waals surface area contributed by atoms with Crippen LogP contribution >= 0.6 is 11.6 Å². The second-order valence-electron chi connectivity index (χ2n) is 5.69. The summed E-state index contributed by atoms with van der Waals surface area (Å²) in [6.07, 6.45) is 2.00. The summed E-state index contributed by atoms with van der Waals surface area (Å²) in [4.78, 5) is 16.3. The van der Waals surface area contributed by atoms with E-state index < -0.39 is 12.3 Å². The number of ketones is 1. The van der Waals surface area contributed by atoms with Crippen molar-refractivity contribution in [2.45, 2.75) is 37.6 Å². The van der Waals surface area contributed by atoms with Gasteiger partial charge in [0, 0.05) is 18.5 Å². The number of carbonyl (C=O) groups is 1. The molecule has 0 radical (unpaired) electrons. The Morgan fingerprint density at radius 1 is 1.48 bits per heavy atom. The molecule has 4 rings (SSSR count). The fourth-order valence-corrected chi connectivity index (χ4v) is 3.17. The van der Waals surface area contributed by atoms with Crippen LogP contribution in [0.25, 0.3) is 0 Å². The Kier molecular flexibility index (Phi) is 2.89. The van der Waals surface area contributed by atoms with Gasteiger partial charge in [-0.3, -0.25) is 14.8 Å². The number of Topliss-reactive ketones (excluding diaryl/α,β-unsaturated/α-hetero) is 1. The van der Waals surface area contributed by atoms with Crippen molar-refractivity contribution < 1.29 is 9.18 Å². The van der Waals surface area contributed by atoms with Crippen LogP contribution in [-0.2, 0) is 4.79 Å². The standard InChI is InChI=1S/C14H14ClFN4O/c15-8-2-1-5-17-11(8)10-6-9(16)14-18-13(19-20(10)14)12(21)7-3-4-7/h1-2,5,7,9-10,14H,3-4,6H2,(H,18,19)/t9-,10-,14?/m0/s1. The number of pyridine rings is 1. The highest BCUT2D eigenvalue weighted by Gasteiger charge is 2.49. The highest BCUT2D eigenvalue weighted by atomic mass is 35.5. The molecule has 1 aromatic heterocycles. The van der Waals surface area contributed by atoms with Crippen LogP contribution in [0.1, 0.15) is 31.0 Å². The van der Waals surface area contributed by atoms with Gasteiger partial charge in [-0.15, -0.1) is 0 Å². The number of hydrazone groups is 1. The zero-order valence-electron chi connectivity index (χ0n) is 11.2. The number of amidine groups is 1. The van der Waals surface area contributed by atoms with Gasteiger partial charge in [-0.2, -0.15) is 5.10 Å². The van der Waals surface area contributed by atoms with E-state index in [-0.39, 0.29) is 30.0 Å². The Morgan fingerprint density at radius 2 is 2.29 bits per heavy atom. The monoisotopic (exact) mass is 308 g/mol. The number of aromatic nitrogens is 1. The first kappa shape index (κ1) is 13.0. The highest BCUT2D eigenvalue weighted by molar-refractivity contribution is 6.40. The predicted molar refractivity (Wildman–Crippen MR) is 75.4 cm³/mol. The van der Waals surface area contributed by atoms with Crippen LogP contribution in [0.4, 0.5) is 4.39 Å². The summed E-state index contributed by atoms with van der Waals surface area (Å²) < 4.78 is 14.2. The van der Waals surface area contributed by atoms with Crippen LogP contribution in [0.2, 0.25) is 5.02 Å². The summed E-state index contributed by atoms with van der Waals surface area (Å²) in [5.74, 6) is 0.329. The lowest BCUT2D eigenvalue weighted by atomic mass is 10.1. The van der Waals surface area contributed by atoms with E-state index in [0.717, 1.165) is 12.8 Å². The molecule has 2 aliphatic heterocycles. The maximum atomic E-state index is 14.2. The Balaban J connectivity index is 1.65. The maximum absolute atomic E-state index is 14.2. The fraction of sp³-hybridized carbons (Fsp3) is 0.500. The van der Waals surface area contributed by atoms with Gasteiger partial charge in [0.1, 0.15) is 12.3 Å². The van der Waals surface area contributed by atoms with Crippen LogP contribution in [-0.4, -0.2) is 33.9 Å². The number of hydrogen-bond donors (Lipinski definition) is 1. The molecule has 1 aromatic rings. The van der Waals surface area contributed by atoms with Crippen molar-refractivity contribution in [3.8, 4) is 0 Å². The van der Waals surface area contributed by atoms with Crippen LogP contribution in [0.3, 0.4) is 0 Å². The summed E-state index contributed by atoms with van der Waals surface area (Å²) in [7, 11) is 0. The minimum atomic E-state index is -1.11. The summed E-state index contributed by atoms with van der Waals surface area (Å²) >= 11 is 6.15. The molecule has 1 saturated heterocycles. The van der Waals surface area contributed by atoms with Crippen molar-refractivity contribution in [1.82, 2.24) is 15.3 Å². The van der Waals surface area contributed by atoms with Crippen LogP contribution < -0.4 is 5.32 Å². The normalized spacial score (nSPS) is 30.9. The molecule has 0 amide bonds. The Hall–Kier alpha value is -1.69. The van der Waals surface area contributed by atoms with Gasteiger partial charge in [-0.05, 0) is 25.0 Å². The van der Waals surface area contributed by atoms with Crippen molar-refractivity contribution in [2.24, 2.45) is 11.0 Å². The first-order chi connectivity index (χ1) is 10.1. The van der Waals surface area contributed by atoms with Crippen molar-refractivity contribution in [3.05, 3.63) is 29.0 Å². The van der Waals surface area contributed by atoms with Crippen LogP contribution in [0, 0.1) is 5.92 Å². The van der Waals surface area contributed by atoms with Crippen molar-refractivity contribution >= 4 is 23.2 Å². The molecule has 3 atom stereocenters. The lowest BCUT2D eigenvalue weighted by Crippen LogP contribution is -2.41. The topological polar surface area (TPSA) is 57.6 Å². The molecule has 0 spiro atoms. The highest BCUT2D eigenvalue weighted by Crippen LogP contribution is 2.41. The third kappa shape index (κ3) is 2.09. The quantitative estimate of drug-likeness (QED) is 0.928. The summed E-state index contributed by atoms with van der Waals surface area (Å²) in [5, 5.41) is 9.33. The van der Waals surface area contributed by atoms with E-state index in [0.29, 0.717) is 10.7 Å². The zero-order valence-corrected chi connectivity index (χ0v) is 11.9. The number of fused-ring (bicyclic) bond motifs is 1. The molecule has 0 bridgehead atoms. The van der Waals surface area contributed by atoms with E-state index in [4.69, 9.17) is 11.6 Å². The van der Waals surface area contributed by atoms with E-state index in [1.54, 1.807) is 23.3 Å². The molecular formula is C14H14ClFN4O. The van der Waals surface area contributed by atoms with E-state index in [1.165, 1.54) is 0 Å². The Morgan fingerprint density at radius 3 is 3.00 bits per heavy atom. The second kappa shape index (κ2) is 4.66. The smallest absolute Gasteiger partial charge is 0.202 e. The van der Waals surface area contributed by atoms with Gasteiger partial charge in [0.25, 0.3) is 0 Å². The number of carbonyl (C=O) groups excluding carboxylic acids is 1. The van der Waals surface area contributed by atoms with E-state index >= 15 is 0 Å². The van der Waals surface area contributed by atoms with Gasteiger partial charge < -0.3 is 5.32 Å². The number of hydrogen-bond acceptors (Lipinski definition) is 5. The minimum Gasteiger partial charge on any atom is -0.342 e. The molecule has 3 heterocycles. The number of alkyl halides is 1. The number of nitrogens with one attached hydrogen (secondary N) is 1. The number of nitrogens with zero attached hydrogens (tertiary/aromatic N) is 3. The van der Waals surface area contributed by atoms with Gasteiger partial charge >= 0.3 is 0 Å². The SMILES string of the molecule is O=C(C1=NN2C(N1)[C@@H](F)C[C@H]2c1ncccc1Cl)C1CC1. The Labute approximate surface area is 126 Å². The molecule has 0 aromatic carbocycles. The van der Waals surface area contributed by atoms with Crippen LogP contribution in [0.15, 0.2) is 23.4 Å². The second-order valence-corrected chi connectivity index (χ2v) is 6.10. The Bertz CT molecular complexity index is 633. The maximum Gasteiger partial charge on any atom is 0.202 e. The van der Waals surface area contributed by atoms with Gasteiger partial charge in [0.2, 0.25) is 5.78 Å². The van der Waals surface area contributed by atoms with E-state index in [1.807, 2.05) is 0 Å². The van der Waals surface area contributed by atoms with E-state index in [9.17, 15) is 9.18 Å². The predicted octanol–water partition coefficient (Wildman–Crippen LogP) is 2.04. The summed E-state index contributed by atoms with van der Waals surface area (Å²) in [5.41, 5.74) is 0.606. The molecule has 2 fully saturated rings. The van der Waals surface area contributed by atoms with Gasteiger partial charge in [0.05, 0.1) is 16.8 Å². The lowest BCUT2D eigenvalue weighted by Gasteiger charge is -2.21. The molecule has 21 heavy (non-hydrogen) atoms. The first-order valence-corrected chi connectivity index (χ1v) is 7.45.